The van der Waals surface area contributed by atoms with Gasteiger partial charge in [0.05, 0.1) is 31.5 Å². The molecule has 160 valence electrons. The summed E-state index contributed by atoms with van der Waals surface area (Å²) in [5.74, 6) is 0.997. The number of ether oxygens (including phenoxy) is 3. The smallest absolute Gasteiger partial charge is 0.237 e. The van der Waals surface area contributed by atoms with Crippen molar-refractivity contribution in [2.24, 2.45) is 0 Å². The average molecular weight is 404 g/mol. The number of carbonyl (C=O) groups is 1. The maximum absolute atomic E-state index is 12.6. The van der Waals surface area contributed by atoms with Crippen molar-refractivity contribution < 1.29 is 19.0 Å². The zero-order valence-corrected chi connectivity index (χ0v) is 17.6. The fourth-order valence-corrected chi connectivity index (χ4v) is 4.62. The Bertz CT molecular complexity index is 703. The minimum atomic E-state index is -0.0734. The Kier molecular flexibility index (Phi) is 6.57. The molecule has 3 atom stereocenters. The number of hydrogen-bond donors (Lipinski definition) is 1. The fourth-order valence-electron chi connectivity index (χ4n) is 4.62. The molecule has 0 saturated carbocycles. The molecule has 1 aromatic carbocycles. The van der Waals surface area contributed by atoms with Crippen molar-refractivity contribution in [1.82, 2.24) is 10.2 Å². The topological polar surface area (TPSA) is 63.3 Å². The van der Waals surface area contributed by atoms with Gasteiger partial charge in [-0.3, -0.25) is 9.69 Å². The Hall–Kier alpha value is -1.83. The highest BCUT2D eigenvalue weighted by molar-refractivity contribution is 5.82. The standard InChI is InChI=1S/C22H33N3O4/c1-16-13-25(14-17(2)29-16)19-5-6-21-18(12-19)15-24-8-3-4-20(24)22(26)23-7-9-27-10-11-28-21/h5-6,12,16-17,20H,3-4,7-11,13-15H2,1-2H3,(H,23,26). The molecule has 2 fully saturated rings. The Balaban J connectivity index is 1.59. The minimum Gasteiger partial charge on any atom is -0.491 e. The highest BCUT2D eigenvalue weighted by atomic mass is 16.5. The summed E-state index contributed by atoms with van der Waals surface area (Å²) >= 11 is 0. The van der Waals surface area contributed by atoms with Crippen LogP contribution in [0.2, 0.25) is 0 Å². The number of benzene rings is 1. The fraction of sp³-hybridized carbons (Fsp3) is 0.682. The largest absolute Gasteiger partial charge is 0.491 e. The first kappa shape index (κ1) is 20.4. The van der Waals surface area contributed by atoms with Gasteiger partial charge in [0.1, 0.15) is 12.4 Å². The first-order chi connectivity index (χ1) is 14.1. The van der Waals surface area contributed by atoms with Crippen molar-refractivity contribution >= 4 is 11.6 Å². The molecule has 0 spiro atoms. The summed E-state index contributed by atoms with van der Waals surface area (Å²) in [6.45, 7) is 9.75. The van der Waals surface area contributed by atoms with E-state index in [2.05, 4.69) is 47.2 Å². The SMILES string of the molecule is CC1CN(c2ccc3c(c2)CN2CCCC2C(=O)NCCOCCO3)CC(C)O1. The van der Waals surface area contributed by atoms with E-state index < -0.39 is 0 Å². The molecule has 0 aliphatic carbocycles. The number of fused-ring (bicyclic) bond motifs is 2. The molecule has 1 aromatic rings. The van der Waals surface area contributed by atoms with Gasteiger partial charge in [0, 0.05) is 37.4 Å². The molecule has 29 heavy (non-hydrogen) atoms. The van der Waals surface area contributed by atoms with Gasteiger partial charge in [0.25, 0.3) is 0 Å². The predicted octanol–water partition coefficient (Wildman–Crippen LogP) is 1.79. The van der Waals surface area contributed by atoms with Crippen molar-refractivity contribution in [3.8, 4) is 5.75 Å². The Morgan fingerprint density at radius 1 is 1.10 bits per heavy atom. The second kappa shape index (κ2) is 9.32. The third-order valence-electron chi connectivity index (χ3n) is 5.90. The number of rotatable bonds is 1. The van der Waals surface area contributed by atoms with E-state index in [9.17, 15) is 4.79 Å². The average Bonchev–Trinajstić information content (AvgIpc) is 3.15. The molecule has 3 aliphatic heterocycles. The number of morpholine rings is 1. The molecule has 0 aromatic heterocycles. The number of hydrogen-bond acceptors (Lipinski definition) is 6. The first-order valence-electron chi connectivity index (χ1n) is 10.9. The summed E-state index contributed by atoms with van der Waals surface area (Å²) in [6.07, 6.45) is 2.37. The third-order valence-corrected chi connectivity index (χ3v) is 5.90. The van der Waals surface area contributed by atoms with Crippen LogP contribution in [0.15, 0.2) is 18.2 Å². The van der Waals surface area contributed by atoms with E-state index in [-0.39, 0.29) is 24.2 Å². The monoisotopic (exact) mass is 403 g/mol. The molecule has 4 rings (SSSR count). The van der Waals surface area contributed by atoms with E-state index >= 15 is 0 Å². The van der Waals surface area contributed by atoms with Crippen LogP contribution >= 0.6 is 0 Å². The molecule has 0 bridgehead atoms. The van der Waals surface area contributed by atoms with Crippen molar-refractivity contribution in [2.75, 3.05) is 50.9 Å². The van der Waals surface area contributed by atoms with E-state index in [1.54, 1.807) is 0 Å². The number of nitrogens with zero attached hydrogens (tertiary/aromatic N) is 2. The van der Waals surface area contributed by atoms with Crippen molar-refractivity contribution in [3.63, 3.8) is 0 Å². The summed E-state index contributed by atoms with van der Waals surface area (Å²) < 4.78 is 17.5. The summed E-state index contributed by atoms with van der Waals surface area (Å²) in [5, 5.41) is 3.02. The molecular formula is C22H33N3O4. The molecule has 7 nitrogen and oxygen atoms in total. The van der Waals surface area contributed by atoms with Crippen LogP contribution in [0, 0.1) is 0 Å². The molecule has 2 saturated heterocycles. The van der Waals surface area contributed by atoms with Crippen LogP contribution < -0.4 is 15.0 Å². The number of nitrogens with one attached hydrogen (secondary N) is 1. The van der Waals surface area contributed by atoms with Gasteiger partial charge < -0.3 is 24.4 Å². The van der Waals surface area contributed by atoms with Crippen molar-refractivity contribution in [3.05, 3.63) is 23.8 Å². The van der Waals surface area contributed by atoms with E-state index in [1.165, 1.54) is 5.69 Å². The molecule has 0 radical (unpaired) electrons. The maximum atomic E-state index is 12.6. The predicted molar refractivity (Wildman–Crippen MR) is 111 cm³/mol. The van der Waals surface area contributed by atoms with Crippen LogP contribution in [-0.4, -0.2) is 75.1 Å². The van der Waals surface area contributed by atoms with Gasteiger partial charge in [-0.05, 0) is 51.4 Å². The quantitative estimate of drug-likeness (QED) is 0.771. The van der Waals surface area contributed by atoms with Gasteiger partial charge in [-0.25, -0.2) is 0 Å². The highest BCUT2D eigenvalue weighted by Gasteiger charge is 2.31. The Morgan fingerprint density at radius 2 is 1.93 bits per heavy atom. The third kappa shape index (κ3) is 5.02. The zero-order valence-electron chi connectivity index (χ0n) is 17.6. The van der Waals surface area contributed by atoms with Gasteiger partial charge in [0.15, 0.2) is 0 Å². The molecule has 7 heteroatoms. The normalized spacial score (nSPS) is 29.5. The molecule has 1 amide bonds. The van der Waals surface area contributed by atoms with Gasteiger partial charge in [0.2, 0.25) is 5.91 Å². The Labute approximate surface area is 173 Å². The van der Waals surface area contributed by atoms with Crippen LogP contribution in [0.25, 0.3) is 0 Å². The molecular weight excluding hydrogens is 370 g/mol. The van der Waals surface area contributed by atoms with E-state index in [0.717, 1.165) is 50.3 Å². The number of anilines is 1. The lowest BCUT2D eigenvalue weighted by atomic mass is 10.1. The van der Waals surface area contributed by atoms with Gasteiger partial charge in [-0.2, -0.15) is 0 Å². The van der Waals surface area contributed by atoms with Crippen LogP contribution in [0.3, 0.4) is 0 Å². The lowest BCUT2D eigenvalue weighted by Gasteiger charge is -2.37. The summed E-state index contributed by atoms with van der Waals surface area (Å²) in [6, 6.07) is 6.36. The second-order valence-corrected chi connectivity index (χ2v) is 8.33. The molecule has 3 unspecified atom stereocenters. The molecule has 1 N–H and O–H groups in total. The van der Waals surface area contributed by atoms with Crippen LogP contribution in [0.1, 0.15) is 32.3 Å². The molecule has 3 heterocycles. The number of amides is 1. The van der Waals surface area contributed by atoms with Gasteiger partial charge >= 0.3 is 0 Å². The van der Waals surface area contributed by atoms with Crippen molar-refractivity contribution in [2.45, 2.75) is 51.5 Å². The van der Waals surface area contributed by atoms with E-state index in [1.807, 2.05) is 0 Å². The van der Waals surface area contributed by atoms with Crippen LogP contribution in [-0.2, 0) is 20.8 Å². The maximum Gasteiger partial charge on any atom is 0.237 e. The summed E-state index contributed by atoms with van der Waals surface area (Å²) in [5.41, 5.74) is 2.32. The molecule has 3 aliphatic rings. The van der Waals surface area contributed by atoms with Crippen molar-refractivity contribution in [1.29, 1.82) is 0 Å². The van der Waals surface area contributed by atoms with E-state index in [4.69, 9.17) is 14.2 Å². The van der Waals surface area contributed by atoms with Gasteiger partial charge in [-0.1, -0.05) is 0 Å². The number of carbonyl (C=O) groups excluding carboxylic acids is 1. The minimum absolute atomic E-state index is 0.0734. The summed E-state index contributed by atoms with van der Waals surface area (Å²) in [7, 11) is 0. The van der Waals surface area contributed by atoms with Crippen LogP contribution in [0.5, 0.6) is 5.75 Å². The second-order valence-electron chi connectivity index (χ2n) is 8.33. The Morgan fingerprint density at radius 3 is 2.76 bits per heavy atom. The lowest BCUT2D eigenvalue weighted by Crippen LogP contribution is -2.45. The highest BCUT2D eigenvalue weighted by Crippen LogP contribution is 2.30. The zero-order chi connectivity index (χ0) is 20.2. The first-order valence-corrected chi connectivity index (χ1v) is 10.9. The van der Waals surface area contributed by atoms with Crippen LogP contribution in [0.4, 0.5) is 5.69 Å². The van der Waals surface area contributed by atoms with Gasteiger partial charge in [-0.15, -0.1) is 0 Å². The van der Waals surface area contributed by atoms with E-state index in [0.29, 0.717) is 26.4 Å². The summed E-state index contributed by atoms with van der Waals surface area (Å²) in [4.78, 5) is 17.3. The lowest BCUT2D eigenvalue weighted by molar-refractivity contribution is -0.125.